The molecule has 1 saturated carbocycles. The molecule has 0 spiro atoms. The van der Waals surface area contributed by atoms with Gasteiger partial charge in [0.2, 0.25) is 0 Å². The van der Waals surface area contributed by atoms with Crippen LogP contribution in [0.5, 0.6) is 0 Å². The van der Waals surface area contributed by atoms with Crippen LogP contribution in [0.4, 0.5) is 5.69 Å². The molecule has 21 heavy (non-hydrogen) atoms. The zero-order valence-corrected chi connectivity index (χ0v) is 13.4. The van der Waals surface area contributed by atoms with Crippen molar-refractivity contribution in [2.75, 3.05) is 5.32 Å². The molecule has 2 aromatic rings. The number of H-pyrrole nitrogens is 1. The number of rotatable bonds is 4. The molecule has 2 N–H and O–H groups in total. The van der Waals surface area contributed by atoms with Gasteiger partial charge < -0.3 is 5.32 Å². The first kappa shape index (κ1) is 14.4. The van der Waals surface area contributed by atoms with Crippen LogP contribution in [-0.4, -0.2) is 21.2 Å². The Balaban J connectivity index is 1.64. The highest BCUT2D eigenvalue weighted by Gasteiger charge is 2.27. The van der Waals surface area contributed by atoms with Gasteiger partial charge in [0.25, 0.3) is 0 Å². The van der Waals surface area contributed by atoms with E-state index in [2.05, 4.69) is 58.6 Å². The molecular weight excluding hydrogens is 280 g/mol. The number of hydrogen-bond acceptors (Lipinski definition) is 4. The van der Waals surface area contributed by atoms with Gasteiger partial charge >= 0.3 is 0 Å². The van der Waals surface area contributed by atoms with E-state index in [9.17, 15) is 0 Å². The lowest BCUT2D eigenvalue weighted by atomic mass is 9.78. The third kappa shape index (κ3) is 3.59. The van der Waals surface area contributed by atoms with Crippen molar-refractivity contribution < 1.29 is 0 Å². The van der Waals surface area contributed by atoms with Crippen LogP contribution < -0.4 is 5.32 Å². The van der Waals surface area contributed by atoms with Crippen LogP contribution in [0.1, 0.15) is 33.1 Å². The normalized spacial score (nSPS) is 25.7. The Morgan fingerprint density at radius 1 is 1.14 bits per heavy atom. The second-order valence-electron chi connectivity index (χ2n) is 5.97. The minimum atomic E-state index is 0.589. The molecule has 0 radical (unpaired) electrons. The summed E-state index contributed by atoms with van der Waals surface area (Å²) in [4.78, 5) is 5.30. The fourth-order valence-corrected chi connectivity index (χ4v) is 3.83. The van der Waals surface area contributed by atoms with E-state index in [0.717, 1.165) is 17.0 Å². The molecule has 112 valence electrons. The minimum Gasteiger partial charge on any atom is -0.382 e. The third-order valence-electron chi connectivity index (χ3n) is 4.34. The van der Waals surface area contributed by atoms with E-state index in [-0.39, 0.29) is 0 Å². The molecule has 1 fully saturated rings. The summed E-state index contributed by atoms with van der Waals surface area (Å²) < 4.78 is 0. The van der Waals surface area contributed by atoms with E-state index < -0.39 is 0 Å². The quantitative estimate of drug-likeness (QED) is 0.889. The van der Waals surface area contributed by atoms with Gasteiger partial charge in [0, 0.05) is 16.6 Å². The van der Waals surface area contributed by atoms with Crippen molar-refractivity contribution in [2.24, 2.45) is 11.8 Å². The number of aromatic nitrogens is 3. The Morgan fingerprint density at radius 2 is 1.86 bits per heavy atom. The highest BCUT2D eigenvalue weighted by Crippen LogP contribution is 2.32. The van der Waals surface area contributed by atoms with Gasteiger partial charge in [-0.2, -0.15) is 5.10 Å². The smallest absolute Gasteiger partial charge is 0.188 e. The van der Waals surface area contributed by atoms with Gasteiger partial charge in [0.05, 0.1) is 0 Å². The second kappa shape index (κ2) is 6.52. The van der Waals surface area contributed by atoms with Gasteiger partial charge in [-0.1, -0.05) is 32.0 Å². The number of anilines is 1. The summed E-state index contributed by atoms with van der Waals surface area (Å²) in [5.41, 5.74) is 1.21. The lowest BCUT2D eigenvalue weighted by Crippen LogP contribution is -2.36. The van der Waals surface area contributed by atoms with Gasteiger partial charge in [-0.3, -0.25) is 5.10 Å². The fourth-order valence-electron chi connectivity index (χ4n) is 3.13. The van der Waals surface area contributed by atoms with Crippen LogP contribution in [0.3, 0.4) is 0 Å². The zero-order valence-electron chi connectivity index (χ0n) is 12.5. The van der Waals surface area contributed by atoms with Gasteiger partial charge in [-0.15, -0.1) is 0 Å². The Bertz CT molecular complexity index is 542. The Labute approximate surface area is 130 Å². The monoisotopic (exact) mass is 302 g/mol. The van der Waals surface area contributed by atoms with E-state index >= 15 is 0 Å². The minimum absolute atomic E-state index is 0.589. The molecule has 1 heterocycles. The summed E-state index contributed by atoms with van der Waals surface area (Å²) in [5, 5.41) is 11.3. The molecule has 2 atom stereocenters. The Kier molecular flexibility index (Phi) is 4.48. The van der Waals surface area contributed by atoms with Crippen molar-refractivity contribution in [3.05, 3.63) is 30.6 Å². The lowest BCUT2D eigenvalue weighted by molar-refractivity contribution is 0.268. The molecule has 1 aromatic carbocycles. The molecular formula is C16H22N4S. The molecule has 3 rings (SSSR count). The SMILES string of the molecule is CC1CCCC(C)C1Nc1ccc(Sc2ncn[nH]2)cc1. The fraction of sp³-hybridized carbons (Fsp3) is 0.500. The highest BCUT2D eigenvalue weighted by molar-refractivity contribution is 7.99. The summed E-state index contributed by atoms with van der Waals surface area (Å²) in [6.07, 6.45) is 5.57. The second-order valence-corrected chi connectivity index (χ2v) is 7.03. The molecule has 0 bridgehead atoms. The number of hydrogen-bond donors (Lipinski definition) is 2. The van der Waals surface area contributed by atoms with Crippen molar-refractivity contribution in [1.82, 2.24) is 15.2 Å². The molecule has 1 aliphatic rings. The van der Waals surface area contributed by atoms with E-state index in [4.69, 9.17) is 0 Å². The van der Waals surface area contributed by atoms with Crippen LogP contribution >= 0.6 is 11.8 Å². The first-order valence-corrected chi connectivity index (χ1v) is 8.44. The van der Waals surface area contributed by atoms with Crippen molar-refractivity contribution in [2.45, 2.75) is 49.2 Å². The summed E-state index contributed by atoms with van der Waals surface area (Å²) in [6.45, 7) is 4.73. The van der Waals surface area contributed by atoms with Crippen LogP contribution in [0, 0.1) is 11.8 Å². The first-order valence-electron chi connectivity index (χ1n) is 7.62. The van der Waals surface area contributed by atoms with Crippen LogP contribution in [0.25, 0.3) is 0 Å². The Hall–Kier alpha value is -1.49. The Morgan fingerprint density at radius 3 is 2.48 bits per heavy atom. The molecule has 5 heteroatoms. The summed E-state index contributed by atoms with van der Waals surface area (Å²) in [5.74, 6) is 1.49. The average Bonchev–Trinajstić information content (AvgIpc) is 2.98. The maximum absolute atomic E-state index is 4.13. The van der Waals surface area contributed by atoms with Gasteiger partial charge in [-0.05, 0) is 48.9 Å². The van der Waals surface area contributed by atoms with E-state index in [0.29, 0.717) is 6.04 Å². The summed E-state index contributed by atoms with van der Waals surface area (Å²) in [6, 6.07) is 9.17. The van der Waals surface area contributed by atoms with E-state index in [1.54, 1.807) is 11.8 Å². The molecule has 1 aliphatic carbocycles. The molecule has 2 unspecified atom stereocenters. The van der Waals surface area contributed by atoms with Gasteiger partial charge in [0.15, 0.2) is 5.16 Å². The molecule has 0 amide bonds. The van der Waals surface area contributed by atoms with Crippen LogP contribution in [0.2, 0.25) is 0 Å². The first-order chi connectivity index (χ1) is 10.2. The largest absolute Gasteiger partial charge is 0.382 e. The van der Waals surface area contributed by atoms with E-state index in [1.807, 2.05) is 0 Å². The molecule has 0 saturated heterocycles. The number of nitrogens with one attached hydrogen (secondary N) is 2. The molecule has 0 aliphatic heterocycles. The van der Waals surface area contributed by atoms with Gasteiger partial charge in [0.1, 0.15) is 6.33 Å². The third-order valence-corrected chi connectivity index (χ3v) is 5.24. The van der Waals surface area contributed by atoms with Crippen LogP contribution in [-0.2, 0) is 0 Å². The topological polar surface area (TPSA) is 53.6 Å². The zero-order chi connectivity index (χ0) is 14.7. The summed E-state index contributed by atoms with van der Waals surface area (Å²) >= 11 is 1.59. The predicted octanol–water partition coefficient (Wildman–Crippen LogP) is 4.19. The average molecular weight is 302 g/mol. The molecule has 4 nitrogen and oxygen atoms in total. The number of aromatic amines is 1. The standard InChI is InChI=1S/C16H22N4S/c1-11-4-3-5-12(2)15(11)19-13-6-8-14(9-7-13)21-16-17-10-18-20-16/h6-12,15,19H,3-5H2,1-2H3,(H,17,18,20). The maximum Gasteiger partial charge on any atom is 0.188 e. The number of nitrogens with zero attached hydrogens (tertiary/aromatic N) is 2. The van der Waals surface area contributed by atoms with Crippen LogP contribution in [0.15, 0.2) is 40.6 Å². The van der Waals surface area contributed by atoms with Crippen molar-refractivity contribution >= 4 is 17.4 Å². The predicted molar refractivity (Wildman–Crippen MR) is 86.5 cm³/mol. The number of benzene rings is 1. The maximum atomic E-state index is 4.13. The highest BCUT2D eigenvalue weighted by atomic mass is 32.2. The summed E-state index contributed by atoms with van der Waals surface area (Å²) in [7, 11) is 0. The lowest BCUT2D eigenvalue weighted by Gasteiger charge is -2.35. The molecule has 1 aromatic heterocycles. The van der Waals surface area contributed by atoms with Crippen molar-refractivity contribution in [1.29, 1.82) is 0 Å². The van der Waals surface area contributed by atoms with Crippen molar-refractivity contribution in [3.63, 3.8) is 0 Å². The van der Waals surface area contributed by atoms with Crippen molar-refractivity contribution in [3.8, 4) is 0 Å². The van der Waals surface area contributed by atoms with Gasteiger partial charge in [-0.25, -0.2) is 4.98 Å². The van der Waals surface area contributed by atoms with E-state index in [1.165, 1.54) is 36.2 Å².